The highest BCUT2D eigenvalue weighted by Crippen LogP contribution is 2.55. The van der Waals surface area contributed by atoms with Gasteiger partial charge in [-0.25, -0.2) is 18.9 Å². The molecule has 40 heavy (non-hydrogen) atoms. The van der Waals surface area contributed by atoms with Gasteiger partial charge in [-0.2, -0.15) is 23.4 Å². The maximum atomic E-state index is 13.0. The molecule has 208 valence electrons. The van der Waals surface area contributed by atoms with Gasteiger partial charge in [0.05, 0.1) is 34.9 Å². The van der Waals surface area contributed by atoms with Crippen LogP contribution in [0.4, 0.5) is 13.2 Å². The molecular formula is C23H19F3N7O6P. The summed E-state index contributed by atoms with van der Waals surface area (Å²) in [5.41, 5.74) is 0.702. The van der Waals surface area contributed by atoms with Gasteiger partial charge in [-0.15, -0.1) is 0 Å². The van der Waals surface area contributed by atoms with Crippen molar-refractivity contribution < 1.29 is 32.0 Å². The number of phosphoric acid groups is 1. The van der Waals surface area contributed by atoms with Crippen LogP contribution in [0.2, 0.25) is 0 Å². The predicted molar refractivity (Wildman–Crippen MR) is 132 cm³/mol. The van der Waals surface area contributed by atoms with Crippen molar-refractivity contribution in [1.82, 2.24) is 33.9 Å². The van der Waals surface area contributed by atoms with Crippen molar-refractivity contribution in [3.05, 3.63) is 81.0 Å². The number of rotatable bonds is 7. The van der Waals surface area contributed by atoms with Crippen molar-refractivity contribution in [2.75, 3.05) is 0 Å². The molecule has 6 rings (SSSR count). The minimum absolute atomic E-state index is 0.0477. The molecule has 1 aromatic carbocycles. The largest absolute Gasteiger partial charge is 0.471 e. The molecule has 1 fully saturated rings. The average molecular weight is 577 g/mol. The van der Waals surface area contributed by atoms with E-state index in [1.54, 1.807) is 28.8 Å². The number of hydrogen-bond donors (Lipinski definition) is 3. The van der Waals surface area contributed by atoms with Gasteiger partial charge >= 0.3 is 19.7 Å². The summed E-state index contributed by atoms with van der Waals surface area (Å²) in [4.78, 5) is 49.3. The van der Waals surface area contributed by atoms with Crippen LogP contribution in [-0.4, -0.2) is 49.9 Å². The second-order valence-corrected chi connectivity index (χ2v) is 10.6. The first-order chi connectivity index (χ1) is 18.9. The lowest BCUT2D eigenvalue weighted by Crippen LogP contribution is -2.31. The molecule has 0 aliphatic heterocycles. The topological polar surface area (TPSA) is 170 Å². The molecule has 17 heteroatoms. The summed E-state index contributed by atoms with van der Waals surface area (Å²) in [6, 6.07) is 8.51. The van der Waals surface area contributed by atoms with E-state index >= 15 is 0 Å². The van der Waals surface area contributed by atoms with Gasteiger partial charge in [0.1, 0.15) is 13.3 Å². The molecule has 2 atom stereocenters. The number of benzene rings is 1. The lowest BCUT2D eigenvalue weighted by molar-refractivity contribution is -0.141. The maximum absolute atomic E-state index is 13.0. The third-order valence-electron chi connectivity index (χ3n) is 6.64. The van der Waals surface area contributed by atoms with Crippen molar-refractivity contribution in [1.29, 1.82) is 0 Å². The zero-order valence-electron chi connectivity index (χ0n) is 20.2. The summed E-state index contributed by atoms with van der Waals surface area (Å²) < 4.78 is 57.8. The second-order valence-electron chi connectivity index (χ2n) is 9.37. The van der Waals surface area contributed by atoms with E-state index in [1.807, 2.05) is 6.07 Å². The number of aromatic amines is 1. The van der Waals surface area contributed by atoms with E-state index in [0.29, 0.717) is 28.7 Å². The molecule has 4 aromatic heterocycles. The number of nitrogens with one attached hydrogen (secondary N) is 1. The van der Waals surface area contributed by atoms with E-state index in [2.05, 4.69) is 24.7 Å². The quantitative estimate of drug-likeness (QED) is 0.246. The number of halogens is 3. The van der Waals surface area contributed by atoms with E-state index in [4.69, 9.17) is 9.79 Å². The number of aromatic nitrogens is 7. The summed E-state index contributed by atoms with van der Waals surface area (Å²) >= 11 is 0. The zero-order valence-corrected chi connectivity index (χ0v) is 21.1. The van der Waals surface area contributed by atoms with Crippen molar-refractivity contribution in [2.24, 2.45) is 0 Å². The molecule has 0 bridgehead atoms. The fourth-order valence-corrected chi connectivity index (χ4v) is 5.04. The van der Waals surface area contributed by atoms with Gasteiger partial charge < -0.3 is 9.79 Å². The van der Waals surface area contributed by atoms with Crippen molar-refractivity contribution in [3.63, 3.8) is 0 Å². The summed E-state index contributed by atoms with van der Waals surface area (Å²) in [6.07, 6.45) is 0.241. The minimum atomic E-state index is -4.89. The highest BCUT2D eigenvalue weighted by atomic mass is 31.2. The Balaban J connectivity index is 1.36. The van der Waals surface area contributed by atoms with Gasteiger partial charge in [0.25, 0.3) is 5.56 Å². The standard InChI is InChI=1S/C23H19F3N7O6P/c24-23(25,26)10-32-18-5-12(1-2-13(18)8-28-32)14-6-15(14)19-7-17(29-20-3-4-27-33(19)20)16-9-31(11-39-40(36,37)38)22(35)30-21(16)34/h1-5,7-9,14-15H,6,10-11H2,(H,30,34,35)(H2,36,37,38)/t14-,15?/m0/s1. The van der Waals surface area contributed by atoms with Crippen molar-refractivity contribution in [2.45, 2.75) is 37.7 Å². The fraction of sp³-hybridized carbons (Fsp3) is 0.261. The molecule has 1 aliphatic rings. The Hall–Kier alpha value is -4.11. The monoisotopic (exact) mass is 577 g/mol. The van der Waals surface area contributed by atoms with Crippen molar-refractivity contribution in [3.8, 4) is 11.3 Å². The Labute approximate surface area is 220 Å². The molecule has 0 radical (unpaired) electrons. The molecular weight excluding hydrogens is 558 g/mol. The SMILES string of the molecule is O=c1[nH]c(=O)n(COP(=O)(O)O)cc1-c1cc(C2C[C@H]2c2ccc3cnn(CC(F)(F)F)c3c2)n2nccc2n1. The van der Waals surface area contributed by atoms with E-state index in [1.165, 1.54) is 12.4 Å². The van der Waals surface area contributed by atoms with Crippen LogP contribution in [0, 0.1) is 0 Å². The Morgan fingerprint density at radius 1 is 1.12 bits per heavy atom. The summed E-state index contributed by atoms with van der Waals surface area (Å²) in [6.45, 7) is -2.02. The molecule has 1 unspecified atom stereocenters. The number of hydrogen-bond acceptors (Lipinski definition) is 7. The first-order valence-electron chi connectivity index (χ1n) is 11.8. The number of fused-ring (bicyclic) bond motifs is 2. The van der Waals surface area contributed by atoms with Gasteiger partial charge in [0.15, 0.2) is 5.65 Å². The lowest BCUT2D eigenvalue weighted by atomic mass is 10.1. The number of H-pyrrole nitrogens is 1. The lowest BCUT2D eigenvalue weighted by Gasteiger charge is -2.11. The third-order valence-corrected chi connectivity index (χ3v) is 7.09. The van der Waals surface area contributed by atoms with Gasteiger partial charge in [-0.3, -0.25) is 23.6 Å². The van der Waals surface area contributed by atoms with Gasteiger partial charge in [0, 0.05) is 23.6 Å². The first-order valence-corrected chi connectivity index (χ1v) is 13.3. The molecule has 0 amide bonds. The van der Waals surface area contributed by atoms with Crippen LogP contribution in [0.1, 0.15) is 29.5 Å². The molecule has 0 spiro atoms. The van der Waals surface area contributed by atoms with Gasteiger partial charge in [0.2, 0.25) is 0 Å². The first kappa shape index (κ1) is 26.1. The maximum Gasteiger partial charge on any atom is 0.471 e. The predicted octanol–water partition coefficient (Wildman–Crippen LogP) is 2.50. The van der Waals surface area contributed by atoms with Crippen LogP contribution < -0.4 is 11.2 Å². The normalized spacial score (nSPS) is 17.6. The number of alkyl halides is 3. The Bertz CT molecular complexity index is 1940. The smallest absolute Gasteiger partial charge is 0.303 e. The average Bonchev–Trinajstić information content (AvgIpc) is 3.35. The third kappa shape index (κ3) is 5.09. The second kappa shape index (κ2) is 9.23. The zero-order chi connectivity index (χ0) is 28.4. The molecule has 0 saturated heterocycles. The van der Waals surface area contributed by atoms with Crippen LogP contribution in [0.5, 0.6) is 0 Å². The van der Waals surface area contributed by atoms with E-state index in [-0.39, 0.29) is 23.1 Å². The highest BCUT2D eigenvalue weighted by Gasteiger charge is 2.42. The van der Waals surface area contributed by atoms with E-state index in [0.717, 1.165) is 21.0 Å². The Morgan fingerprint density at radius 3 is 2.67 bits per heavy atom. The molecule has 1 saturated carbocycles. The van der Waals surface area contributed by atoms with Gasteiger partial charge in [-0.05, 0) is 30.0 Å². The van der Waals surface area contributed by atoms with Crippen LogP contribution in [0.15, 0.2) is 58.5 Å². The Kier molecular flexibility index (Phi) is 6.03. The van der Waals surface area contributed by atoms with E-state index < -0.39 is 38.5 Å². The van der Waals surface area contributed by atoms with Crippen LogP contribution >= 0.6 is 7.82 Å². The Morgan fingerprint density at radius 2 is 1.93 bits per heavy atom. The summed E-state index contributed by atoms with van der Waals surface area (Å²) in [5.74, 6) is -0.159. The summed E-state index contributed by atoms with van der Waals surface area (Å²) in [7, 11) is -4.89. The summed E-state index contributed by atoms with van der Waals surface area (Å²) in [5, 5.41) is 8.77. The van der Waals surface area contributed by atoms with Gasteiger partial charge in [-0.1, -0.05) is 12.1 Å². The van der Waals surface area contributed by atoms with Crippen LogP contribution in [0.25, 0.3) is 27.8 Å². The molecule has 13 nitrogen and oxygen atoms in total. The van der Waals surface area contributed by atoms with Crippen molar-refractivity contribution >= 4 is 24.4 Å². The number of nitrogens with zero attached hydrogens (tertiary/aromatic N) is 6. The molecule has 3 N–H and O–H groups in total. The minimum Gasteiger partial charge on any atom is -0.303 e. The number of phosphoric ester groups is 1. The molecule has 5 aromatic rings. The van der Waals surface area contributed by atoms with Crippen LogP contribution in [-0.2, 0) is 22.4 Å². The molecule has 4 heterocycles. The van der Waals surface area contributed by atoms with Crippen LogP contribution in [0.3, 0.4) is 0 Å². The highest BCUT2D eigenvalue weighted by molar-refractivity contribution is 7.46. The molecule has 1 aliphatic carbocycles. The fourth-order valence-electron chi connectivity index (χ4n) is 4.77. The van der Waals surface area contributed by atoms with E-state index in [9.17, 15) is 27.3 Å².